The third-order valence-corrected chi connectivity index (χ3v) is 5.42. The summed E-state index contributed by atoms with van der Waals surface area (Å²) in [6, 6.07) is 7.60. The molecule has 2 aliphatic rings. The number of carbonyl (C=O) groups excluding carboxylic acids is 2. The second-order valence-corrected chi connectivity index (χ2v) is 7.19. The van der Waals surface area contributed by atoms with Crippen LogP contribution in [-0.4, -0.2) is 25.0 Å². The van der Waals surface area contributed by atoms with E-state index < -0.39 is 0 Å². The number of hydrogen-bond acceptors (Lipinski definition) is 3. The molecule has 0 spiro atoms. The van der Waals surface area contributed by atoms with Crippen molar-refractivity contribution in [1.29, 1.82) is 0 Å². The Morgan fingerprint density at radius 2 is 1.62 bits per heavy atom. The smallest absolute Gasteiger partial charge is 0.228 e. The molecule has 0 saturated heterocycles. The number of hydrogen-bond donors (Lipinski definition) is 2. The van der Waals surface area contributed by atoms with Crippen molar-refractivity contribution in [3.05, 3.63) is 36.4 Å². The van der Waals surface area contributed by atoms with Gasteiger partial charge in [0.25, 0.3) is 0 Å². The number of para-hydroxylation sites is 2. The Balaban J connectivity index is 1.66. The molecule has 0 radical (unpaired) electrons. The highest BCUT2D eigenvalue weighted by molar-refractivity contribution is 5.97. The number of methoxy groups -OCH3 is 1. The molecule has 2 atom stereocenters. The first-order valence-electron chi connectivity index (χ1n) is 9.58. The van der Waals surface area contributed by atoms with Gasteiger partial charge in [0.15, 0.2) is 0 Å². The molecule has 2 N–H and O–H groups in total. The first kappa shape index (κ1) is 18.5. The number of amides is 2. The number of nitrogens with one attached hydrogen (secondary N) is 2. The van der Waals surface area contributed by atoms with Crippen molar-refractivity contribution in [2.75, 3.05) is 12.4 Å². The number of ether oxygens (including phenoxy) is 1. The summed E-state index contributed by atoms with van der Waals surface area (Å²) in [5.74, 6) is -0.149. The van der Waals surface area contributed by atoms with E-state index in [-0.39, 0.29) is 29.7 Å². The molecule has 5 nitrogen and oxygen atoms in total. The van der Waals surface area contributed by atoms with Gasteiger partial charge >= 0.3 is 0 Å². The number of anilines is 1. The summed E-state index contributed by atoms with van der Waals surface area (Å²) in [5, 5.41) is 6.12. The zero-order valence-electron chi connectivity index (χ0n) is 15.4. The maximum atomic E-state index is 12.9. The minimum Gasteiger partial charge on any atom is -0.495 e. The summed E-state index contributed by atoms with van der Waals surface area (Å²) < 4.78 is 5.30. The molecule has 140 valence electrons. The Morgan fingerprint density at radius 1 is 0.962 bits per heavy atom. The molecular weight excluding hydrogens is 328 g/mol. The number of allylic oxidation sites excluding steroid dienone is 2. The minimum atomic E-state index is -0.353. The van der Waals surface area contributed by atoms with Crippen LogP contribution >= 0.6 is 0 Å². The minimum absolute atomic E-state index is 0.0152. The highest BCUT2D eigenvalue weighted by Gasteiger charge is 2.35. The monoisotopic (exact) mass is 356 g/mol. The van der Waals surface area contributed by atoms with Crippen molar-refractivity contribution >= 4 is 17.5 Å². The van der Waals surface area contributed by atoms with Crippen LogP contribution in [0, 0.1) is 11.8 Å². The van der Waals surface area contributed by atoms with Gasteiger partial charge in [0.1, 0.15) is 5.75 Å². The van der Waals surface area contributed by atoms with Crippen molar-refractivity contribution in [1.82, 2.24) is 5.32 Å². The molecule has 0 heterocycles. The molecule has 1 fully saturated rings. The largest absolute Gasteiger partial charge is 0.495 e. The molecule has 0 aromatic heterocycles. The predicted octanol–water partition coefficient (Wildman–Crippen LogP) is 3.67. The van der Waals surface area contributed by atoms with Crippen LogP contribution in [0.4, 0.5) is 5.69 Å². The van der Waals surface area contributed by atoms with Crippen molar-refractivity contribution in [2.45, 2.75) is 51.0 Å². The summed E-state index contributed by atoms with van der Waals surface area (Å²) in [7, 11) is 1.58. The van der Waals surface area contributed by atoms with E-state index in [4.69, 9.17) is 4.74 Å². The van der Waals surface area contributed by atoms with E-state index in [0.29, 0.717) is 24.3 Å². The zero-order chi connectivity index (χ0) is 18.4. The van der Waals surface area contributed by atoms with Crippen LogP contribution in [-0.2, 0) is 9.59 Å². The van der Waals surface area contributed by atoms with Crippen LogP contribution in [0.2, 0.25) is 0 Å². The average Bonchev–Trinajstić information content (AvgIpc) is 2.69. The zero-order valence-corrected chi connectivity index (χ0v) is 15.4. The fourth-order valence-corrected chi connectivity index (χ4v) is 3.92. The van der Waals surface area contributed by atoms with Gasteiger partial charge in [-0.1, -0.05) is 43.5 Å². The van der Waals surface area contributed by atoms with Gasteiger partial charge in [-0.15, -0.1) is 0 Å². The van der Waals surface area contributed by atoms with Crippen LogP contribution in [0.25, 0.3) is 0 Å². The molecule has 1 aromatic rings. The van der Waals surface area contributed by atoms with E-state index in [0.717, 1.165) is 12.8 Å². The van der Waals surface area contributed by atoms with Gasteiger partial charge in [-0.2, -0.15) is 0 Å². The molecular formula is C21H28N2O3. The SMILES string of the molecule is COc1ccccc1NC(=O)[C@@H]1CC=CC[C@@H]1C(=O)NC1CCCCC1. The van der Waals surface area contributed by atoms with Crippen LogP contribution < -0.4 is 15.4 Å². The Hall–Kier alpha value is -2.30. The summed E-state index contributed by atoms with van der Waals surface area (Å²) in [4.78, 5) is 25.7. The standard InChI is InChI=1S/C21H28N2O3/c1-26-19-14-8-7-13-18(19)23-21(25)17-12-6-5-11-16(17)20(24)22-15-9-3-2-4-10-15/h5-8,13-17H,2-4,9-12H2,1H3,(H,22,24)(H,23,25)/t16-,17+/m0/s1. The summed E-state index contributed by atoms with van der Waals surface area (Å²) in [5.41, 5.74) is 0.640. The lowest BCUT2D eigenvalue weighted by Crippen LogP contribution is -2.45. The van der Waals surface area contributed by atoms with Gasteiger partial charge in [-0.3, -0.25) is 9.59 Å². The highest BCUT2D eigenvalue weighted by atomic mass is 16.5. The lowest BCUT2D eigenvalue weighted by molar-refractivity contribution is -0.133. The van der Waals surface area contributed by atoms with E-state index >= 15 is 0 Å². The molecule has 1 saturated carbocycles. The van der Waals surface area contributed by atoms with E-state index in [9.17, 15) is 9.59 Å². The maximum absolute atomic E-state index is 12.9. The Kier molecular flexibility index (Phi) is 6.31. The van der Waals surface area contributed by atoms with Gasteiger partial charge in [0.2, 0.25) is 11.8 Å². The van der Waals surface area contributed by atoms with Gasteiger partial charge < -0.3 is 15.4 Å². The van der Waals surface area contributed by atoms with Gasteiger partial charge in [0.05, 0.1) is 24.6 Å². The van der Waals surface area contributed by atoms with E-state index in [1.165, 1.54) is 19.3 Å². The number of benzene rings is 1. The Bertz CT molecular complexity index is 665. The van der Waals surface area contributed by atoms with Crippen molar-refractivity contribution in [2.24, 2.45) is 11.8 Å². The third-order valence-electron chi connectivity index (χ3n) is 5.42. The van der Waals surface area contributed by atoms with Crippen molar-refractivity contribution in [3.8, 4) is 5.75 Å². The van der Waals surface area contributed by atoms with Gasteiger partial charge in [-0.25, -0.2) is 0 Å². The lowest BCUT2D eigenvalue weighted by atomic mass is 9.81. The fraction of sp³-hybridized carbons (Fsp3) is 0.524. The first-order chi connectivity index (χ1) is 12.7. The third kappa shape index (κ3) is 4.45. The van der Waals surface area contributed by atoms with Gasteiger partial charge in [0, 0.05) is 6.04 Å². The second-order valence-electron chi connectivity index (χ2n) is 7.19. The maximum Gasteiger partial charge on any atom is 0.228 e. The molecule has 1 aromatic carbocycles. The molecule has 0 unspecified atom stereocenters. The van der Waals surface area contributed by atoms with E-state index in [2.05, 4.69) is 10.6 Å². The summed E-state index contributed by atoms with van der Waals surface area (Å²) in [6.07, 6.45) is 10.9. The lowest BCUT2D eigenvalue weighted by Gasteiger charge is -2.30. The first-order valence-corrected chi connectivity index (χ1v) is 9.58. The molecule has 0 aliphatic heterocycles. The molecule has 26 heavy (non-hydrogen) atoms. The Labute approximate surface area is 155 Å². The molecule has 5 heteroatoms. The normalized spacial score (nSPS) is 23.3. The highest BCUT2D eigenvalue weighted by Crippen LogP contribution is 2.30. The van der Waals surface area contributed by atoms with Crippen LogP contribution in [0.15, 0.2) is 36.4 Å². The van der Waals surface area contributed by atoms with Crippen LogP contribution in [0.3, 0.4) is 0 Å². The molecule has 0 bridgehead atoms. The van der Waals surface area contributed by atoms with Gasteiger partial charge in [-0.05, 0) is 37.8 Å². The van der Waals surface area contributed by atoms with Crippen molar-refractivity contribution < 1.29 is 14.3 Å². The Morgan fingerprint density at radius 3 is 2.31 bits per heavy atom. The summed E-state index contributed by atoms with van der Waals surface area (Å²) >= 11 is 0. The topological polar surface area (TPSA) is 67.4 Å². The van der Waals surface area contributed by atoms with Crippen LogP contribution in [0.1, 0.15) is 44.9 Å². The average molecular weight is 356 g/mol. The summed E-state index contributed by atoms with van der Waals surface area (Å²) in [6.45, 7) is 0. The number of rotatable bonds is 5. The van der Waals surface area contributed by atoms with E-state index in [1.807, 2.05) is 36.4 Å². The van der Waals surface area contributed by atoms with E-state index in [1.54, 1.807) is 7.11 Å². The predicted molar refractivity (Wildman–Crippen MR) is 102 cm³/mol. The second kappa shape index (κ2) is 8.88. The number of carbonyl (C=O) groups is 2. The molecule has 2 amide bonds. The molecule has 3 rings (SSSR count). The quantitative estimate of drug-likeness (QED) is 0.791. The van der Waals surface area contributed by atoms with Crippen LogP contribution in [0.5, 0.6) is 5.75 Å². The molecule has 2 aliphatic carbocycles. The van der Waals surface area contributed by atoms with Crippen molar-refractivity contribution in [3.63, 3.8) is 0 Å². The fourth-order valence-electron chi connectivity index (χ4n) is 3.92.